The van der Waals surface area contributed by atoms with Gasteiger partial charge in [-0.3, -0.25) is 0 Å². The van der Waals surface area contributed by atoms with Crippen molar-refractivity contribution in [3.63, 3.8) is 0 Å². The molecule has 0 spiro atoms. The second-order valence-electron chi connectivity index (χ2n) is 30.7. The van der Waals surface area contributed by atoms with Crippen molar-refractivity contribution in [1.29, 1.82) is 0 Å². The van der Waals surface area contributed by atoms with Crippen LogP contribution in [0.1, 0.15) is 158 Å². The van der Waals surface area contributed by atoms with Gasteiger partial charge in [0.05, 0.1) is 11.4 Å². The molecule has 422 valence electrons. The Hall–Kier alpha value is -7.69. The monoisotopic (exact) mass is 1100 g/mol. The summed E-state index contributed by atoms with van der Waals surface area (Å²) in [6.07, 6.45) is 0. The van der Waals surface area contributed by atoms with E-state index >= 15 is 0 Å². The van der Waals surface area contributed by atoms with Gasteiger partial charge in [-0.25, -0.2) is 0 Å². The maximum atomic E-state index is 7.99. The van der Waals surface area contributed by atoms with Gasteiger partial charge in [-0.05, 0) is 159 Å². The SMILES string of the molecule is CC(C)(C)c1ccc(-c2ccc3c(c2)Oc2c4c(c5c6c2N(c2ccc(C(C)(C)C)cc2)c2ccc(C(C)(C)C)cc2B6c2ccc(-c6ccc(C(C)(C)C)cc6)cc2O5)N(c2ccc(C(C)(C)C)cc2)c2ccc(C(C)(C)C)cc2B34)cc1. The molecular formula is C78H82B2N2O2. The Morgan fingerprint density at radius 3 is 0.845 bits per heavy atom. The molecule has 0 bridgehead atoms. The van der Waals surface area contributed by atoms with Crippen molar-refractivity contribution in [3.05, 3.63) is 203 Å². The molecule has 6 heteroatoms. The molecule has 0 amide bonds. The second kappa shape index (κ2) is 18.9. The van der Waals surface area contributed by atoms with E-state index in [9.17, 15) is 0 Å². The van der Waals surface area contributed by atoms with Crippen molar-refractivity contribution >= 4 is 80.3 Å². The first-order valence-corrected chi connectivity index (χ1v) is 30.6. The van der Waals surface area contributed by atoms with Crippen molar-refractivity contribution in [1.82, 2.24) is 0 Å². The normalized spacial score (nSPS) is 14.4. The van der Waals surface area contributed by atoms with E-state index in [2.05, 4.69) is 304 Å². The smallest absolute Gasteiger partial charge is 0.256 e. The minimum absolute atomic E-state index is 0.0360. The topological polar surface area (TPSA) is 24.9 Å². The lowest BCUT2D eigenvalue weighted by atomic mass is 9.31. The number of fused-ring (bicyclic) bond motifs is 10. The highest BCUT2D eigenvalue weighted by Crippen LogP contribution is 2.55. The summed E-state index contributed by atoms with van der Waals surface area (Å²) in [7, 11) is 0. The fraction of sp³-hybridized carbons (Fsp3) is 0.308. The summed E-state index contributed by atoms with van der Waals surface area (Å²) in [6, 6.07) is 65.4. The van der Waals surface area contributed by atoms with E-state index in [1.54, 1.807) is 0 Å². The molecule has 0 radical (unpaired) electrons. The van der Waals surface area contributed by atoms with Gasteiger partial charge in [-0.15, -0.1) is 0 Å². The van der Waals surface area contributed by atoms with Crippen LogP contribution >= 0.6 is 0 Å². The highest BCUT2D eigenvalue weighted by molar-refractivity contribution is 7.02. The number of hydrogen-bond donors (Lipinski definition) is 0. The van der Waals surface area contributed by atoms with Gasteiger partial charge in [0.25, 0.3) is 13.4 Å². The number of anilines is 6. The highest BCUT2D eigenvalue weighted by atomic mass is 16.5. The fourth-order valence-corrected chi connectivity index (χ4v) is 13.4. The van der Waals surface area contributed by atoms with E-state index in [1.807, 2.05) is 0 Å². The molecule has 84 heavy (non-hydrogen) atoms. The van der Waals surface area contributed by atoms with Gasteiger partial charge in [0.1, 0.15) is 23.0 Å². The maximum Gasteiger partial charge on any atom is 0.256 e. The average Bonchev–Trinajstić information content (AvgIpc) is 0.684. The van der Waals surface area contributed by atoms with Crippen LogP contribution in [0, 0.1) is 0 Å². The third-order valence-corrected chi connectivity index (χ3v) is 18.6. The zero-order valence-corrected chi connectivity index (χ0v) is 53.0. The van der Waals surface area contributed by atoms with Crippen molar-refractivity contribution in [2.24, 2.45) is 0 Å². The first-order valence-electron chi connectivity index (χ1n) is 30.6. The largest absolute Gasteiger partial charge is 0.456 e. The first-order chi connectivity index (χ1) is 39.4. The highest BCUT2D eigenvalue weighted by Gasteiger charge is 2.52. The Morgan fingerprint density at radius 1 is 0.274 bits per heavy atom. The zero-order chi connectivity index (χ0) is 59.5. The van der Waals surface area contributed by atoms with Gasteiger partial charge in [-0.2, -0.15) is 0 Å². The number of benzene rings is 9. The van der Waals surface area contributed by atoms with Crippen molar-refractivity contribution < 1.29 is 9.47 Å². The number of ether oxygens (including phenoxy) is 2. The fourth-order valence-electron chi connectivity index (χ4n) is 13.4. The molecule has 9 aromatic carbocycles. The van der Waals surface area contributed by atoms with Gasteiger partial charge in [0, 0.05) is 33.7 Å². The molecular weight excluding hydrogens is 1020 g/mol. The third-order valence-electron chi connectivity index (χ3n) is 18.6. The average molecular weight is 1100 g/mol. The first kappa shape index (κ1) is 55.5. The molecule has 4 aliphatic heterocycles. The van der Waals surface area contributed by atoms with Gasteiger partial charge in [0.15, 0.2) is 0 Å². The van der Waals surface area contributed by atoms with Crippen LogP contribution in [0.3, 0.4) is 0 Å². The summed E-state index contributed by atoms with van der Waals surface area (Å²) in [4.78, 5) is 5.05. The molecule has 9 aromatic rings. The van der Waals surface area contributed by atoms with E-state index < -0.39 is 0 Å². The Kier molecular flexibility index (Phi) is 12.5. The number of nitrogens with zero attached hydrogens (tertiary/aromatic N) is 2. The van der Waals surface area contributed by atoms with Gasteiger partial charge in [0.2, 0.25) is 0 Å². The Labute approximate surface area is 502 Å². The molecule has 0 fully saturated rings. The lowest BCUT2D eigenvalue weighted by molar-refractivity contribution is 0.477. The van der Waals surface area contributed by atoms with E-state index in [0.717, 1.165) is 101 Å². The molecule has 0 saturated carbocycles. The summed E-state index contributed by atoms with van der Waals surface area (Å²) in [5, 5.41) is 0. The van der Waals surface area contributed by atoms with E-state index in [4.69, 9.17) is 9.47 Å². The minimum atomic E-state index is -0.217. The van der Waals surface area contributed by atoms with Crippen LogP contribution in [-0.2, 0) is 32.5 Å². The molecule has 0 unspecified atom stereocenters. The molecule has 4 heterocycles. The molecule has 0 aromatic heterocycles. The molecule has 13 rings (SSSR count). The molecule has 0 saturated heterocycles. The van der Waals surface area contributed by atoms with Crippen LogP contribution in [0.25, 0.3) is 22.3 Å². The number of rotatable bonds is 4. The molecule has 4 aliphatic rings. The maximum absolute atomic E-state index is 7.99. The predicted octanol–water partition coefficient (Wildman–Crippen LogP) is 17.6. The summed E-state index contributed by atoms with van der Waals surface area (Å²) >= 11 is 0. The Morgan fingerprint density at radius 2 is 0.548 bits per heavy atom. The summed E-state index contributed by atoms with van der Waals surface area (Å²) in [5.74, 6) is 3.47. The summed E-state index contributed by atoms with van der Waals surface area (Å²) in [5.41, 5.74) is 25.6. The van der Waals surface area contributed by atoms with E-state index in [0.29, 0.717) is 0 Å². The van der Waals surface area contributed by atoms with Gasteiger partial charge >= 0.3 is 0 Å². The Balaban J connectivity index is 1.16. The lowest BCUT2D eigenvalue weighted by Crippen LogP contribution is -2.64. The third kappa shape index (κ3) is 9.20. The lowest BCUT2D eigenvalue weighted by Gasteiger charge is -2.47. The van der Waals surface area contributed by atoms with Crippen molar-refractivity contribution in [3.8, 4) is 45.3 Å². The van der Waals surface area contributed by atoms with Crippen LogP contribution < -0.4 is 52.1 Å². The van der Waals surface area contributed by atoms with Crippen LogP contribution in [-0.4, -0.2) is 13.4 Å². The van der Waals surface area contributed by atoms with E-state index in [1.165, 1.54) is 44.3 Å². The molecule has 0 atom stereocenters. The molecule has 4 nitrogen and oxygen atoms in total. The van der Waals surface area contributed by atoms with Gasteiger partial charge < -0.3 is 19.3 Å². The van der Waals surface area contributed by atoms with Crippen LogP contribution in [0.15, 0.2) is 170 Å². The molecule has 0 N–H and O–H groups in total. The predicted molar refractivity (Wildman–Crippen MR) is 361 cm³/mol. The second-order valence-corrected chi connectivity index (χ2v) is 30.7. The van der Waals surface area contributed by atoms with Crippen LogP contribution in [0.5, 0.6) is 23.0 Å². The van der Waals surface area contributed by atoms with Crippen LogP contribution in [0.2, 0.25) is 0 Å². The van der Waals surface area contributed by atoms with E-state index in [-0.39, 0.29) is 45.9 Å². The quantitative estimate of drug-likeness (QED) is 0.164. The van der Waals surface area contributed by atoms with Crippen molar-refractivity contribution in [2.75, 3.05) is 9.80 Å². The zero-order valence-electron chi connectivity index (χ0n) is 53.0. The number of hydrogen-bond acceptors (Lipinski definition) is 4. The minimum Gasteiger partial charge on any atom is -0.456 e. The standard InChI is InChI=1S/C78H82B2N2O2/c1-73(2,3)51-25-19-47(20-26-51)49-23-39-59-65(43-49)83-71-67-70(82(58-37-31-54(32-38-58)76(10,11)12)63-41-33-55(77(13,14)15)45-61(63)79(59)67)72-68-69(71)81(57-35-29-53(30-36-57)75(7,8)9)64-42-34-56(78(16,17)18)46-62(64)80(68)60-40-24-50(44-66(60)84-72)48-21-27-52(28-22-48)74(4,5)6/h19-46H,1-18H3. The molecule has 0 aliphatic carbocycles. The van der Waals surface area contributed by atoms with Crippen molar-refractivity contribution in [2.45, 2.75) is 157 Å². The summed E-state index contributed by atoms with van der Waals surface area (Å²) < 4.78 is 16.0. The van der Waals surface area contributed by atoms with Crippen LogP contribution in [0.4, 0.5) is 34.1 Å². The summed E-state index contributed by atoms with van der Waals surface area (Å²) in [6.45, 7) is 41.0. The van der Waals surface area contributed by atoms with Gasteiger partial charge in [-0.1, -0.05) is 246 Å². The Bertz CT molecular complexity index is 3840.